The highest BCUT2D eigenvalue weighted by Crippen LogP contribution is 2.09. The van der Waals surface area contributed by atoms with Crippen LogP contribution >= 0.6 is 0 Å². The Balaban J connectivity index is 2.60. The molecule has 0 heterocycles. The SMILES string of the molecule is NC(CC(=O)O)C(=O)Nc1cccc(F)c1. The number of carboxylic acids is 1. The molecule has 4 N–H and O–H groups in total. The van der Waals surface area contributed by atoms with Crippen LogP contribution in [0.5, 0.6) is 0 Å². The number of hydrogen-bond acceptors (Lipinski definition) is 3. The van der Waals surface area contributed by atoms with Crippen LogP contribution < -0.4 is 11.1 Å². The van der Waals surface area contributed by atoms with Crippen LogP contribution in [-0.2, 0) is 9.59 Å². The third-order valence-corrected chi connectivity index (χ3v) is 1.82. The second kappa shape index (κ2) is 5.22. The van der Waals surface area contributed by atoms with E-state index in [4.69, 9.17) is 10.8 Å². The molecule has 0 aromatic heterocycles. The van der Waals surface area contributed by atoms with Crippen molar-refractivity contribution in [2.75, 3.05) is 5.32 Å². The fourth-order valence-corrected chi connectivity index (χ4v) is 1.08. The maximum Gasteiger partial charge on any atom is 0.305 e. The number of carbonyl (C=O) groups is 2. The summed E-state index contributed by atoms with van der Waals surface area (Å²) in [5, 5.41) is 10.7. The Morgan fingerprint density at radius 3 is 2.75 bits per heavy atom. The molecule has 5 nitrogen and oxygen atoms in total. The van der Waals surface area contributed by atoms with Crippen LogP contribution in [0.25, 0.3) is 0 Å². The molecule has 1 aromatic rings. The molecule has 0 aliphatic heterocycles. The Hall–Kier alpha value is -1.95. The molecular formula is C10H11FN2O3. The van der Waals surface area contributed by atoms with Crippen molar-refractivity contribution in [3.63, 3.8) is 0 Å². The smallest absolute Gasteiger partial charge is 0.305 e. The zero-order chi connectivity index (χ0) is 12.1. The van der Waals surface area contributed by atoms with E-state index < -0.39 is 30.2 Å². The van der Waals surface area contributed by atoms with Crippen LogP contribution in [0.4, 0.5) is 10.1 Å². The second-order valence-electron chi connectivity index (χ2n) is 3.20. The summed E-state index contributed by atoms with van der Waals surface area (Å²) in [4.78, 5) is 21.6. The summed E-state index contributed by atoms with van der Waals surface area (Å²) >= 11 is 0. The molecule has 1 aromatic carbocycles. The maximum absolute atomic E-state index is 12.8. The number of hydrogen-bond donors (Lipinski definition) is 3. The van der Waals surface area contributed by atoms with Crippen molar-refractivity contribution in [2.24, 2.45) is 5.73 Å². The Morgan fingerprint density at radius 1 is 1.50 bits per heavy atom. The number of anilines is 1. The number of carbonyl (C=O) groups excluding carboxylic acids is 1. The maximum atomic E-state index is 12.8. The second-order valence-corrected chi connectivity index (χ2v) is 3.20. The van der Waals surface area contributed by atoms with Crippen molar-refractivity contribution in [2.45, 2.75) is 12.5 Å². The predicted molar refractivity (Wildman–Crippen MR) is 55.3 cm³/mol. The summed E-state index contributed by atoms with van der Waals surface area (Å²) in [6.07, 6.45) is -0.471. The monoisotopic (exact) mass is 226 g/mol. The molecule has 6 heteroatoms. The van der Waals surface area contributed by atoms with E-state index in [-0.39, 0.29) is 5.69 Å². The van der Waals surface area contributed by atoms with Gasteiger partial charge in [-0.2, -0.15) is 0 Å². The Morgan fingerprint density at radius 2 is 2.19 bits per heavy atom. The standard InChI is InChI=1S/C10H11FN2O3/c11-6-2-1-3-7(4-6)13-10(16)8(12)5-9(14)15/h1-4,8H,5,12H2,(H,13,16)(H,14,15). The van der Waals surface area contributed by atoms with E-state index in [1.807, 2.05) is 0 Å². The molecule has 1 rings (SSSR count). The molecule has 0 bridgehead atoms. The fourth-order valence-electron chi connectivity index (χ4n) is 1.08. The van der Waals surface area contributed by atoms with Crippen molar-refractivity contribution >= 4 is 17.6 Å². The van der Waals surface area contributed by atoms with Gasteiger partial charge in [0, 0.05) is 5.69 Å². The van der Waals surface area contributed by atoms with E-state index in [0.717, 1.165) is 6.07 Å². The quantitative estimate of drug-likeness (QED) is 0.699. The fraction of sp³-hybridized carbons (Fsp3) is 0.200. The van der Waals surface area contributed by atoms with Crippen molar-refractivity contribution in [3.05, 3.63) is 30.1 Å². The van der Waals surface area contributed by atoms with Crippen LogP contribution in [0, 0.1) is 5.82 Å². The van der Waals surface area contributed by atoms with Crippen molar-refractivity contribution in [1.29, 1.82) is 0 Å². The third kappa shape index (κ3) is 3.66. The Labute approximate surface area is 91.1 Å². The Bertz CT molecular complexity index is 409. The first-order valence-electron chi connectivity index (χ1n) is 4.53. The lowest BCUT2D eigenvalue weighted by Gasteiger charge is -2.09. The zero-order valence-electron chi connectivity index (χ0n) is 8.31. The molecule has 0 aliphatic carbocycles. The van der Waals surface area contributed by atoms with Gasteiger partial charge >= 0.3 is 5.97 Å². The van der Waals surface area contributed by atoms with Crippen LogP contribution in [0.3, 0.4) is 0 Å². The first-order chi connectivity index (χ1) is 7.49. The molecule has 86 valence electrons. The van der Waals surface area contributed by atoms with Gasteiger partial charge in [-0.1, -0.05) is 6.07 Å². The third-order valence-electron chi connectivity index (χ3n) is 1.82. The summed E-state index contributed by atoms with van der Waals surface area (Å²) in [6, 6.07) is 4.10. The van der Waals surface area contributed by atoms with Gasteiger partial charge in [0.1, 0.15) is 5.82 Å². The van der Waals surface area contributed by atoms with E-state index >= 15 is 0 Å². The number of benzene rings is 1. The van der Waals surface area contributed by atoms with E-state index in [2.05, 4.69) is 5.32 Å². The van der Waals surface area contributed by atoms with Crippen LogP contribution in [0.1, 0.15) is 6.42 Å². The molecule has 0 saturated heterocycles. The number of nitrogens with two attached hydrogens (primary N) is 1. The summed E-state index contributed by atoms with van der Waals surface area (Å²) in [5.74, 6) is -2.32. The minimum Gasteiger partial charge on any atom is -0.481 e. The molecule has 0 saturated carbocycles. The van der Waals surface area contributed by atoms with Gasteiger partial charge in [0.25, 0.3) is 0 Å². The lowest BCUT2D eigenvalue weighted by molar-refractivity contribution is -0.138. The highest BCUT2D eigenvalue weighted by atomic mass is 19.1. The molecule has 1 unspecified atom stereocenters. The largest absolute Gasteiger partial charge is 0.481 e. The zero-order valence-corrected chi connectivity index (χ0v) is 8.31. The van der Waals surface area contributed by atoms with Crippen LogP contribution in [0.2, 0.25) is 0 Å². The first-order valence-corrected chi connectivity index (χ1v) is 4.53. The molecule has 0 aliphatic rings. The minimum absolute atomic E-state index is 0.242. The molecular weight excluding hydrogens is 215 g/mol. The van der Waals surface area contributed by atoms with Crippen molar-refractivity contribution < 1.29 is 19.1 Å². The van der Waals surface area contributed by atoms with E-state index in [0.29, 0.717) is 0 Å². The average molecular weight is 226 g/mol. The number of rotatable bonds is 4. The molecule has 1 atom stereocenters. The van der Waals surface area contributed by atoms with Gasteiger partial charge in [-0.15, -0.1) is 0 Å². The predicted octanol–water partition coefficient (Wildman–Crippen LogP) is 0.566. The van der Waals surface area contributed by atoms with Crippen molar-refractivity contribution in [3.8, 4) is 0 Å². The first kappa shape index (κ1) is 12.1. The highest BCUT2D eigenvalue weighted by Gasteiger charge is 2.16. The average Bonchev–Trinajstić information content (AvgIpc) is 2.16. The molecule has 1 amide bonds. The van der Waals surface area contributed by atoms with Gasteiger partial charge in [0.2, 0.25) is 5.91 Å². The summed E-state index contributed by atoms with van der Waals surface area (Å²) in [5.41, 5.74) is 5.56. The van der Waals surface area contributed by atoms with Crippen LogP contribution in [0.15, 0.2) is 24.3 Å². The molecule has 0 radical (unpaired) electrons. The van der Waals surface area contributed by atoms with Crippen molar-refractivity contribution in [1.82, 2.24) is 0 Å². The van der Waals surface area contributed by atoms with Gasteiger partial charge < -0.3 is 16.2 Å². The van der Waals surface area contributed by atoms with Gasteiger partial charge in [0.15, 0.2) is 0 Å². The highest BCUT2D eigenvalue weighted by molar-refractivity contribution is 5.96. The van der Waals surface area contributed by atoms with E-state index in [1.54, 1.807) is 0 Å². The summed E-state index contributed by atoms with van der Waals surface area (Å²) in [7, 11) is 0. The lowest BCUT2D eigenvalue weighted by Crippen LogP contribution is -2.37. The minimum atomic E-state index is -1.16. The topological polar surface area (TPSA) is 92.4 Å². The van der Waals surface area contributed by atoms with E-state index in [9.17, 15) is 14.0 Å². The number of carboxylic acid groups (broad SMARTS) is 1. The Kier molecular flexibility index (Phi) is 3.96. The number of amides is 1. The van der Waals surface area contributed by atoms with Gasteiger partial charge in [-0.3, -0.25) is 9.59 Å². The number of halogens is 1. The normalized spacial score (nSPS) is 11.9. The van der Waals surface area contributed by atoms with Gasteiger partial charge in [0.05, 0.1) is 12.5 Å². The summed E-state index contributed by atoms with van der Waals surface area (Å²) < 4.78 is 12.8. The van der Waals surface area contributed by atoms with Gasteiger partial charge in [-0.05, 0) is 18.2 Å². The molecule has 0 spiro atoms. The molecule has 0 fully saturated rings. The lowest BCUT2D eigenvalue weighted by atomic mass is 10.2. The van der Waals surface area contributed by atoms with E-state index in [1.165, 1.54) is 18.2 Å². The number of aliphatic carboxylic acids is 1. The van der Waals surface area contributed by atoms with Crippen LogP contribution in [-0.4, -0.2) is 23.0 Å². The number of nitrogens with one attached hydrogen (secondary N) is 1. The summed E-state index contributed by atoms with van der Waals surface area (Å²) in [6.45, 7) is 0. The molecule has 16 heavy (non-hydrogen) atoms. The van der Waals surface area contributed by atoms with Gasteiger partial charge in [-0.25, -0.2) is 4.39 Å².